The molecule has 0 amide bonds. The van der Waals surface area contributed by atoms with E-state index in [2.05, 4.69) is 4.74 Å². The summed E-state index contributed by atoms with van der Waals surface area (Å²) in [5, 5.41) is 0. The van der Waals surface area contributed by atoms with Crippen molar-refractivity contribution in [3.63, 3.8) is 0 Å². The second kappa shape index (κ2) is 5.02. The van der Waals surface area contributed by atoms with Crippen molar-refractivity contribution in [1.29, 1.82) is 0 Å². The summed E-state index contributed by atoms with van der Waals surface area (Å²) in [4.78, 5) is 0. The molecule has 0 spiro atoms. The minimum absolute atomic E-state index is 0.0968. The van der Waals surface area contributed by atoms with Crippen molar-refractivity contribution < 1.29 is 17.9 Å². The maximum atomic E-state index is 13.3. The summed E-state index contributed by atoms with van der Waals surface area (Å²) >= 11 is 0. The van der Waals surface area contributed by atoms with Gasteiger partial charge in [0.05, 0.1) is 7.11 Å². The average molecular weight is 219 g/mol. The van der Waals surface area contributed by atoms with Gasteiger partial charge < -0.3 is 10.5 Å². The number of benzene rings is 1. The number of methoxy groups -OCH3 is 1. The topological polar surface area (TPSA) is 35.2 Å². The van der Waals surface area contributed by atoms with Crippen molar-refractivity contribution in [2.45, 2.75) is 12.8 Å². The van der Waals surface area contributed by atoms with Gasteiger partial charge in [0.2, 0.25) is 0 Å². The third-order valence-electron chi connectivity index (χ3n) is 2.05. The Morgan fingerprint density at radius 2 is 1.93 bits per heavy atom. The fraction of sp³-hybridized carbons (Fsp3) is 0.400. The summed E-state index contributed by atoms with van der Waals surface area (Å²) in [6.45, 7) is 0.320. The van der Waals surface area contributed by atoms with Crippen LogP contribution in [-0.4, -0.2) is 13.7 Å². The molecular formula is C10H12F3NO. The summed E-state index contributed by atoms with van der Waals surface area (Å²) in [6.07, 6.45) is 0.594. The van der Waals surface area contributed by atoms with E-state index in [0.29, 0.717) is 19.0 Å². The zero-order chi connectivity index (χ0) is 11.4. The molecule has 0 aliphatic heterocycles. The van der Waals surface area contributed by atoms with Gasteiger partial charge in [-0.05, 0) is 19.4 Å². The van der Waals surface area contributed by atoms with Crippen LogP contribution in [0.25, 0.3) is 0 Å². The van der Waals surface area contributed by atoms with Crippen LogP contribution in [-0.2, 0) is 6.42 Å². The number of ether oxygens (including phenoxy) is 1. The minimum Gasteiger partial charge on any atom is -0.493 e. The van der Waals surface area contributed by atoms with E-state index in [4.69, 9.17) is 5.73 Å². The van der Waals surface area contributed by atoms with E-state index >= 15 is 0 Å². The van der Waals surface area contributed by atoms with E-state index in [0.717, 1.165) is 0 Å². The molecule has 84 valence electrons. The summed E-state index contributed by atoms with van der Waals surface area (Å²) in [7, 11) is 1.21. The molecule has 1 aromatic rings. The average Bonchev–Trinajstić information content (AvgIpc) is 2.21. The molecule has 0 aliphatic carbocycles. The zero-order valence-electron chi connectivity index (χ0n) is 8.32. The zero-order valence-corrected chi connectivity index (χ0v) is 8.32. The van der Waals surface area contributed by atoms with Crippen molar-refractivity contribution in [3.05, 3.63) is 29.1 Å². The smallest absolute Gasteiger partial charge is 0.168 e. The summed E-state index contributed by atoms with van der Waals surface area (Å²) in [5.74, 6) is -3.42. The molecule has 1 aromatic carbocycles. The van der Waals surface area contributed by atoms with Crippen LogP contribution < -0.4 is 10.5 Å². The lowest BCUT2D eigenvalue weighted by atomic mass is 10.1. The molecule has 15 heavy (non-hydrogen) atoms. The van der Waals surface area contributed by atoms with E-state index in [-0.39, 0.29) is 17.7 Å². The fourth-order valence-corrected chi connectivity index (χ4v) is 1.35. The third kappa shape index (κ3) is 2.41. The number of hydrogen-bond donors (Lipinski definition) is 1. The van der Waals surface area contributed by atoms with E-state index < -0.39 is 17.5 Å². The largest absolute Gasteiger partial charge is 0.493 e. The number of halogens is 3. The molecule has 0 saturated carbocycles. The number of hydrogen-bond acceptors (Lipinski definition) is 2. The van der Waals surface area contributed by atoms with Crippen molar-refractivity contribution in [2.75, 3.05) is 13.7 Å². The van der Waals surface area contributed by atoms with Crippen LogP contribution in [0.1, 0.15) is 12.0 Å². The van der Waals surface area contributed by atoms with Crippen molar-refractivity contribution in [1.82, 2.24) is 0 Å². The SMILES string of the molecule is COc1c(F)cc(F)c(F)c1CCCN. The monoisotopic (exact) mass is 219 g/mol. The highest BCUT2D eigenvalue weighted by molar-refractivity contribution is 5.37. The van der Waals surface area contributed by atoms with Gasteiger partial charge in [-0.1, -0.05) is 0 Å². The highest BCUT2D eigenvalue weighted by Crippen LogP contribution is 2.28. The van der Waals surface area contributed by atoms with Crippen molar-refractivity contribution >= 4 is 0 Å². The lowest BCUT2D eigenvalue weighted by Gasteiger charge is -2.10. The molecule has 0 bridgehead atoms. The molecule has 0 unspecified atom stereocenters. The maximum Gasteiger partial charge on any atom is 0.168 e. The van der Waals surface area contributed by atoms with Crippen molar-refractivity contribution in [2.24, 2.45) is 5.73 Å². The molecule has 0 aromatic heterocycles. The van der Waals surface area contributed by atoms with Crippen LogP contribution in [0.15, 0.2) is 6.07 Å². The Kier molecular flexibility index (Phi) is 3.96. The standard InChI is InChI=1S/C10H12F3NO/c1-15-10-6(3-2-4-14)9(13)7(11)5-8(10)12/h5H,2-4,14H2,1H3. The second-order valence-electron chi connectivity index (χ2n) is 3.06. The normalized spacial score (nSPS) is 10.5. The molecule has 1 rings (SSSR count). The Balaban J connectivity index is 3.18. The van der Waals surface area contributed by atoms with E-state index in [1.54, 1.807) is 0 Å². The van der Waals surface area contributed by atoms with E-state index in [1.807, 2.05) is 0 Å². The van der Waals surface area contributed by atoms with Gasteiger partial charge >= 0.3 is 0 Å². The van der Waals surface area contributed by atoms with Crippen LogP contribution >= 0.6 is 0 Å². The molecular weight excluding hydrogens is 207 g/mol. The lowest BCUT2D eigenvalue weighted by Crippen LogP contribution is -2.06. The Labute approximate surface area is 85.8 Å². The van der Waals surface area contributed by atoms with Crippen LogP contribution in [0.3, 0.4) is 0 Å². The Morgan fingerprint density at radius 3 is 2.47 bits per heavy atom. The predicted molar refractivity (Wildman–Crippen MR) is 50.2 cm³/mol. The van der Waals surface area contributed by atoms with Crippen LogP contribution in [0.5, 0.6) is 5.75 Å². The molecule has 5 heteroatoms. The van der Waals surface area contributed by atoms with Gasteiger partial charge in [-0.2, -0.15) is 0 Å². The van der Waals surface area contributed by atoms with Gasteiger partial charge in [-0.15, -0.1) is 0 Å². The molecule has 0 aliphatic rings. The van der Waals surface area contributed by atoms with Crippen LogP contribution in [0.4, 0.5) is 13.2 Å². The highest BCUT2D eigenvalue weighted by atomic mass is 19.2. The van der Waals surface area contributed by atoms with Crippen LogP contribution in [0, 0.1) is 17.5 Å². The number of nitrogens with two attached hydrogens (primary N) is 1. The Morgan fingerprint density at radius 1 is 1.27 bits per heavy atom. The number of rotatable bonds is 4. The molecule has 0 radical (unpaired) electrons. The maximum absolute atomic E-state index is 13.3. The third-order valence-corrected chi connectivity index (χ3v) is 2.05. The molecule has 0 fully saturated rings. The lowest BCUT2D eigenvalue weighted by molar-refractivity contribution is 0.367. The summed E-state index contributed by atoms with van der Waals surface area (Å²) < 4.78 is 44.0. The second-order valence-corrected chi connectivity index (χ2v) is 3.06. The predicted octanol–water partition coefficient (Wildman–Crippen LogP) is 2.00. The first-order chi connectivity index (χ1) is 7.11. The van der Waals surface area contributed by atoms with Gasteiger partial charge in [-0.25, -0.2) is 13.2 Å². The van der Waals surface area contributed by atoms with Gasteiger partial charge in [-0.3, -0.25) is 0 Å². The fourth-order valence-electron chi connectivity index (χ4n) is 1.35. The highest BCUT2D eigenvalue weighted by Gasteiger charge is 2.18. The van der Waals surface area contributed by atoms with Crippen molar-refractivity contribution in [3.8, 4) is 5.75 Å². The molecule has 0 heterocycles. The molecule has 0 saturated heterocycles. The van der Waals surface area contributed by atoms with Gasteiger partial charge in [0, 0.05) is 11.6 Å². The van der Waals surface area contributed by atoms with E-state index in [9.17, 15) is 13.2 Å². The Hall–Kier alpha value is -1.23. The first-order valence-corrected chi connectivity index (χ1v) is 4.52. The molecule has 2 N–H and O–H groups in total. The first kappa shape index (κ1) is 11.8. The molecule has 0 atom stereocenters. The van der Waals surface area contributed by atoms with Crippen LogP contribution in [0.2, 0.25) is 0 Å². The van der Waals surface area contributed by atoms with Gasteiger partial charge in [0.15, 0.2) is 23.2 Å². The van der Waals surface area contributed by atoms with Gasteiger partial charge in [0.1, 0.15) is 0 Å². The first-order valence-electron chi connectivity index (χ1n) is 4.52. The minimum atomic E-state index is -1.21. The van der Waals surface area contributed by atoms with E-state index in [1.165, 1.54) is 7.11 Å². The quantitative estimate of drug-likeness (QED) is 0.786. The summed E-state index contributed by atoms with van der Waals surface area (Å²) in [6, 6.07) is 0.472. The van der Waals surface area contributed by atoms with Gasteiger partial charge in [0.25, 0.3) is 0 Å². The Bertz CT molecular complexity index is 355. The summed E-state index contributed by atoms with van der Waals surface area (Å²) in [5.41, 5.74) is 5.15. The molecule has 2 nitrogen and oxygen atoms in total.